The molecule has 0 bridgehead atoms. The summed E-state index contributed by atoms with van der Waals surface area (Å²) in [6, 6.07) is 9.95. The molecule has 1 fully saturated rings. The summed E-state index contributed by atoms with van der Waals surface area (Å²) >= 11 is 0. The standard InChI is InChI=1S/C12H16N2O/c1-9-8-12(2,14(13)11(9)15)10-6-4-3-5-7-10/h3-7,9H,8,13H2,1-2H3. The van der Waals surface area contributed by atoms with Gasteiger partial charge in [0.1, 0.15) is 0 Å². The molecule has 3 heteroatoms. The van der Waals surface area contributed by atoms with Crippen molar-refractivity contribution < 1.29 is 4.79 Å². The number of hydrogen-bond donors (Lipinski definition) is 1. The number of hydrazine groups is 1. The zero-order valence-corrected chi connectivity index (χ0v) is 9.10. The van der Waals surface area contributed by atoms with E-state index in [2.05, 4.69) is 0 Å². The van der Waals surface area contributed by atoms with Crippen molar-refractivity contribution in [2.75, 3.05) is 0 Å². The first-order valence-electron chi connectivity index (χ1n) is 5.20. The Morgan fingerprint density at radius 2 is 2.00 bits per heavy atom. The Labute approximate surface area is 89.8 Å². The quantitative estimate of drug-likeness (QED) is 0.558. The lowest BCUT2D eigenvalue weighted by Gasteiger charge is -2.31. The van der Waals surface area contributed by atoms with E-state index >= 15 is 0 Å². The topological polar surface area (TPSA) is 46.3 Å². The van der Waals surface area contributed by atoms with Crippen LogP contribution in [0.2, 0.25) is 0 Å². The van der Waals surface area contributed by atoms with E-state index < -0.39 is 0 Å². The van der Waals surface area contributed by atoms with Crippen LogP contribution in [0.25, 0.3) is 0 Å². The molecule has 0 aromatic heterocycles. The zero-order chi connectivity index (χ0) is 11.1. The van der Waals surface area contributed by atoms with Gasteiger partial charge in [-0.05, 0) is 18.9 Å². The number of rotatable bonds is 1. The molecule has 2 atom stereocenters. The Hall–Kier alpha value is -1.35. The maximum absolute atomic E-state index is 11.7. The molecule has 1 heterocycles. The van der Waals surface area contributed by atoms with Crippen LogP contribution in [0, 0.1) is 5.92 Å². The fourth-order valence-corrected chi connectivity index (χ4v) is 2.32. The van der Waals surface area contributed by atoms with Gasteiger partial charge in [0.05, 0.1) is 5.54 Å². The van der Waals surface area contributed by atoms with Crippen LogP contribution in [0.3, 0.4) is 0 Å². The number of carbonyl (C=O) groups is 1. The monoisotopic (exact) mass is 204 g/mol. The molecule has 2 rings (SSSR count). The molecule has 2 unspecified atom stereocenters. The van der Waals surface area contributed by atoms with E-state index in [1.54, 1.807) is 0 Å². The third-order valence-corrected chi connectivity index (χ3v) is 3.29. The minimum atomic E-state index is -0.349. The largest absolute Gasteiger partial charge is 0.273 e. The predicted molar refractivity (Wildman–Crippen MR) is 58.6 cm³/mol. The molecule has 15 heavy (non-hydrogen) atoms. The second kappa shape index (κ2) is 3.35. The van der Waals surface area contributed by atoms with Crippen molar-refractivity contribution in [2.24, 2.45) is 11.8 Å². The third-order valence-electron chi connectivity index (χ3n) is 3.29. The van der Waals surface area contributed by atoms with Gasteiger partial charge in [0.25, 0.3) is 0 Å². The average molecular weight is 204 g/mol. The van der Waals surface area contributed by atoms with E-state index in [1.165, 1.54) is 5.01 Å². The molecule has 1 aliphatic rings. The predicted octanol–water partition coefficient (Wildman–Crippen LogP) is 1.64. The highest BCUT2D eigenvalue weighted by Crippen LogP contribution is 2.39. The van der Waals surface area contributed by atoms with Gasteiger partial charge in [-0.2, -0.15) is 0 Å². The number of nitrogens with zero attached hydrogens (tertiary/aromatic N) is 1. The third kappa shape index (κ3) is 1.43. The Kier molecular flexibility index (Phi) is 2.27. The maximum Gasteiger partial charge on any atom is 0.240 e. The van der Waals surface area contributed by atoms with Crippen molar-refractivity contribution in [3.63, 3.8) is 0 Å². The second-order valence-electron chi connectivity index (χ2n) is 4.45. The van der Waals surface area contributed by atoms with Crippen LogP contribution < -0.4 is 5.84 Å². The van der Waals surface area contributed by atoms with Crippen LogP contribution in [0.5, 0.6) is 0 Å². The van der Waals surface area contributed by atoms with E-state index in [0.717, 1.165) is 12.0 Å². The van der Waals surface area contributed by atoms with E-state index in [4.69, 9.17) is 5.84 Å². The van der Waals surface area contributed by atoms with Gasteiger partial charge in [0.15, 0.2) is 0 Å². The second-order valence-corrected chi connectivity index (χ2v) is 4.45. The summed E-state index contributed by atoms with van der Waals surface area (Å²) < 4.78 is 0. The molecular weight excluding hydrogens is 188 g/mol. The summed E-state index contributed by atoms with van der Waals surface area (Å²) in [4.78, 5) is 11.7. The Bertz CT molecular complexity index is 376. The van der Waals surface area contributed by atoms with Crippen molar-refractivity contribution in [1.29, 1.82) is 0 Å². The van der Waals surface area contributed by atoms with Crippen LogP contribution in [-0.4, -0.2) is 10.9 Å². The lowest BCUT2D eigenvalue weighted by molar-refractivity contribution is -0.133. The van der Waals surface area contributed by atoms with Crippen LogP contribution in [0.1, 0.15) is 25.8 Å². The van der Waals surface area contributed by atoms with E-state index in [0.29, 0.717) is 0 Å². The molecule has 0 aliphatic carbocycles. The van der Waals surface area contributed by atoms with Gasteiger partial charge in [-0.25, -0.2) is 5.84 Å². The Balaban J connectivity index is 2.40. The fourth-order valence-electron chi connectivity index (χ4n) is 2.32. The molecule has 1 aromatic rings. The molecule has 1 amide bonds. The van der Waals surface area contributed by atoms with Crippen molar-refractivity contribution in [3.8, 4) is 0 Å². The van der Waals surface area contributed by atoms with Crippen molar-refractivity contribution in [3.05, 3.63) is 35.9 Å². The number of hydrogen-bond acceptors (Lipinski definition) is 2. The van der Waals surface area contributed by atoms with Gasteiger partial charge in [0, 0.05) is 5.92 Å². The highest BCUT2D eigenvalue weighted by atomic mass is 16.2. The van der Waals surface area contributed by atoms with Gasteiger partial charge in [-0.15, -0.1) is 0 Å². The van der Waals surface area contributed by atoms with Gasteiger partial charge in [0.2, 0.25) is 5.91 Å². The number of carbonyl (C=O) groups excluding carboxylic acids is 1. The van der Waals surface area contributed by atoms with E-state index in [9.17, 15) is 4.79 Å². The first-order chi connectivity index (χ1) is 7.05. The minimum absolute atomic E-state index is 0.0141. The van der Waals surface area contributed by atoms with Gasteiger partial charge >= 0.3 is 0 Å². The number of nitrogens with two attached hydrogens (primary N) is 1. The van der Waals surface area contributed by atoms with E-state index in [-0.39, 0.29) is 17.4 Å². The first kappa shape index (κ1) is 10.2. The molecule has 2 N–H and O–H groups in total. The Morgan fingerprint density at radius 3 is 2.47 bits per heavy atom. The molecule has 1 aromatic carbocycles. The van der Waals surface area contributed by atoms with Gasteiger partial charge in [-0.1, -0.05) is 37.3 Å². The average Bonchev–Trinajstić information content (AvgIpc) is 2.45. The molecular formula is C12H16N2O. The zero-order valence-electron chi connectivity index (χ0n) is 9.10. The summed E-state index contributed by atoms with van der Waals surface area (Å²) in [5.41, 5.74) is 0.753. The summed E-state index contributed by atoms with van der Waals surface area (Å²) in [5, 5.41) is 1.38. The molecule has 0 spiro atoms. The van der Waals surface area contributed by atoms with E-state index in [1.807, 2.05) is 44.2 Å². The molecule has 0 saturated carbocycles. The van der Waals surface area contributed by atoms with Crippen LogP contribution >= 0.6 is 0 Å². The highest BCUT2D eigenvalue weighted by Gasteiger charge is 2.45. The van der Waals surface area contributed by atoms with Crippen LogP contribution in [-0.2, 0) is 10.3 Å². The molecule has 80 valence electrons. The summed E-state index contributed by atoms with van der Waals surface area (Å²) in [6.45, 7) is 3.94. The van der Waals surface area contributed by atoms with Gasteiger partial charge < -0.3 is 0 Å². The minimum Gasteiger partial charge on any atom is -0.273 e. The molecule has 0 radical (unpaired) electrons. The van der Waals surface area contributed by atoms with Gasteiger partial charge in [-0.3, -0.25) is 9.80 Å². The highest BCUT2D eigenvalue weighted by molar-refractivity contribution is 5.81. The lowest BCUT2D eigenvalue weighted by atomic mass is 9.88. The SMILES string of the molecule is CC1CC(C)(c2ccccc2)N(N)C1=O. The lowest BCUT2D eigenvalue weighted by Crippen LogP contribution is -2.46. The molecule has 1 aliphatic heterocycles. The summed E-state index contributed by atoms with van der Waals surface area (Å²) in [6.07, 6.45) is 0.784. The molecule has 1 saturated heterocycles. The summed E-state index contributed by atoms with van der Waals surface area (Å²) in [5.74, 6) is 5.91. The number of amides is 1. The molecule has 3 nitrogen and oxygen atoms in total. The Morgan fingerprint density at radius 1 is 1.40 bits per heavy atom. The maximum atomic E-state index is 11.7. The van der Waals surface area contributed by atoms with Crippen LogP contribution in [0.4, 0.5) is 0 Å². The normalized spacial score (nSPS) is 31.0. The fraction of sp³-hybridized carbons (Fsp3) is 0.417. The van der Waals surface area contributed by atoms with Crippen LogP contribution in [0.15, 0.2) is 30.3 Å². The van der Waals surface area contributed by atoms with Crippen molar-refractivity contribution in [2.45, 2.75) is 25.8 Å². The van der Waals surface area contributed by atoms with Crippen molar-refractivity contribution >= 4 is 5.91 Å². The summed E-state index contributed by atoms with van der Waals surface area (Å²) in [7, 11) is 0. The first-order valence-corrected chi connectivity index (χ1v) is 5.20. The van der Waals surface area contributed by atoms with Crippen molar-refractivity contribution in [1.82, 2.24) is 5.01 Å². The smallest absolute Gasteiger partial charge is 0.240 e. The number of benzene rings is 1.